The van der Waals surface area contributed by atoms with Crippen LogP contribution < -0.4 is 10.6 Å². The van der Waals surface area contributed by atoms with Crippen molar-refractivity contribution in [1.29, 1.82) is 0 Å². The van der Waals surface area contributed by atoms with Crippen LogP contribution in [0, 0.1) is 11.8 Å². The van der Waals surface area contributed by atoms with Gasteiger partial charge in [-0.25, -0.2) is 0 Å². The van der Waals surface area contributed by atoms with Crippen LogP contribution in [0.5, 0.6) is 0 Å². The van der Waals surface area contributed by atoms with Crippen LogP contribution in [-0.2, 0) is 32.0 Å². The summed E-state index contributed by atoms with van der Waals surface area (Å²) in [5, 5.41) is 24.5. The van der Waals surface area contributed by atoms with Crippen LogP contribution in [0.15, 0.2) is 24.3 Å². The lowest BCUT2D eigenvalue weighted by molar-refractivity contribution is -0.135. The van der Waals surface area contributed by atoms with E-state index in [-0.39, 0.29) is 30.1 Å². The van der Waals surface area contributed by atoms with Gasteiger partial charge in [-0.15, -0.1) is 0 Å². The topological polar surface area (TPSA) is 128 Å². The number of benzene rings is 1. The van der Waals surface area contributed by atoms with Gasteiger partial charge in [0, 0.05) is 5.92 Å². The summed E-state index contributed by atoms with van der Waals surface area (Å²) in [7, 11) is 0. The van der Waals surface area contributed by atoms with Crippen molar-refractivity contribution < 1.29 is 29.3 Å². The Morgan fingerprint density at radius 2 is 1.81 bits per heavy atom. The van der Waals surface area contributed by atoms with Crippen LogP contribution >= 0.6 is 0 Å². The van der Waals surface area contributed by atoms with Gasteiger partial charge in [-0.2, -0.15) is 0 Å². The normalized spacial score (nSPS) is 24.1. The van der Waals surface area contributed by atoms with Crippen molar-refractivity contribution in [3.63, 3.8) is 0 Å². The minimum absolute atomic E-state index is 0.105. The molecule has 1 aliphatic carbocycles. The number of fused-ring (bicyclic) bond motifs is 1. The van der Waals surface area contributed by atoms with E-state index in [0.717, 1.165) is 12.0 Å². The van der Waals surface area contributed by atoms with E-state index in [1.54, 1.807) is 0 Å². The van der Waals surface area contributed by atoms with Crippen molar-refractivity contribution in [3.8, 4) is 0 Å². The first-order valence-electron chi connectivity index (χ1n) is 10.9. The highest BCUT2D eigenvalue weighted by molar-refractivity contribution is 5.98. The molecule has 2 amide bonds. The van der Waals surface area contributed by atoms with Crippen LogP contribution in [-0.4, -0.2) is 65.3 Å². The summed E-state index contributed by atoms with van der Waals surface area (Å²) < 4.78 is 5.14. The van der Waals surface area contributed by atoms with Crippen LogP contribution in [0.1, 0.15) is 37.8 Å². The first kappa shape index (κ1) is 23.4. The quantitative estimate of drug-likeness (QED) is 0.389. The lowest BCUT2D eigenvalue weighted by atomic mass is 9.83. The van der Waals surface area contributed by atoms with Gasteiger partial charge in [0.1, 0.15) is 6.04 Å². The van der Waals surface area contributed by atoms with Gasteiger partial charge in [-0.3, -0.25) is 14.4 Å². The molecule has 8 heteroatoms. The van der Waals surface area contributed by atoms with E-state index in [2.05, 4.69) is 16.7 Å². The molecule has 4 atom stereocenters. The fourth-order valence-electron chi connectivity index (χ4n) is 4.10. The number of nitrogens with one attached hydrogen (secondary N) is 2. The van der Waals surface area contributed by atoms with E-state index in [1.165, 1.54) is 5.56 Å². The highest BCUT2D eigenvalue weighted by Crippen LogP contribution is 2.30. The fraction of sp³-hybridized carbons (Fsp3) is 0.609. The summed E-state index contributed by atoms with van der Waals surface area (Å²) in [5.41, 5.74) is 1.11. The maximum atomic E-state index is 12.8. The Hall–Kier alpha value is -2.29. The number of aliphatic hydroxyl groups is 2. The van der Waals surface area contributed by atoms with Gasteiger partial charge in [0.25, 0.3) is 0 Å². The average Bonchev–Trinajstić information content (AvgIpc) is 3.56. The molecule has 0 radical (unpaired) electrons. The number of hydrogen-bond acceptors (Lipinski definition) is 6. The van der Waals surface area contributed by atoms with Crippen molar-refractivity contribution in [2.75, 3.05) is 19.8 Å². The molecule has 2 unspecified atom stereocenters. The smallest absolute Gasteiger partial charge is 0.245 e. The Morgan fingerprint density at radius 3 is 2.39 bits per heavy atom. The van der Waals surface area contributed by atoms with Crippen molar-refractivity contribution in [2.45, 2.75) is 57.2 Å². The zero-order valence-corrected chi connectivity index (χ0v) is 18.1. The van der Waals surface area contributed by atoms with Gasteiger partial charge >= 0.3 is 0 Å². The first-order chi connectivity index (χ1) is 14.8. The number of hydrogen-bond donors (Lipinski definition) is 4. The maximum absolute atomic E-state index is 12.8. The first-order valence-corrected chi connectivity index (χ1v) is 10.9. The van der Waals surface area contributed by atoms with E-state index in [4.69, 9.17) is 4.74 Å². The van der Waals surface area contributed by atoms with Crippen molar-refractivity contribution in [3.05, 3.63) is 35.4 Å². The molecule has 0 bridgehead atoms. The monoisotopic (exact) mass is 432 g/mol. The van der Waals surface area contributed by atoms with Crippen LogP contribution in [0.25, 0.3) is 0 Å². The summed E-state index contributed by atoms with van der Waals surface area (Å²) in [6.45, 7) is 2.93. The molecule has 31 heavy (non-hydrogen) atoms. The van der Waals surface area contributed by atoms with Gasteiger partial charge in [0.15, 0.2) is 11.4 Å². The molecular weight excluding hydrogens is 400 g/mol. The molecule has 2 aliphatic rings. The number of aryl methyl sites for hydroxylation is 1. The largest absolute Gasteiger partial charge is 0.394 e. The fourth-order valence-corrected chi connectivity index (χ4v) is 4.10. The van der Waals surface area contributed by atoms with Crippen molar-refractivity contribution in [2.24, 2.45) is 11.8 Å². The molecule has 0 spiro atoms. The number of rotatable bonds is 10. The van der Waals surface area contributed by atoms with Crippen molar-refractivity contribution in [1.82, 2.24) is 10.6 Å². The highest BCUT2D eigenvalue weighted by atomic mass is 16.6. The predicted octanol–water partition coefficient (Wildman–Crippen LogP) is 0.130. The average molecular weight is 433 g/mol. The van der Waals surface area contributed by atoms with Crippen LogP contribution in [0.2, 0.25) is 0 Å². The SMILES string of the molecule is CC(C)CC(NC(=O)[C@H](CO)NC(=O)C1CCc2ccccc2C1)C(=O)[C@@]1(CO)CO1. The zero-order chi connectivity index (χ0) is 22.6. The van der Waals surface area contributed by atoms with Gasteiger partial charge in [0.05, 0.1) is 25.9 Å². The molecule has 0 saturated carbocycles. The Balaban J connectivity index is 1.62. The second-order valence-corrected chi connectivity index (χ2v) is 8.95. The van der Waals surface area contributed by atoms with Gasteiger partial charge in [-0.05, 0) is 42.7 Å². The molecule has 1 aromatic carbocycles. The molecular formula is C23H32N2O6. The van der Waals surface area contributed by atoms with Gasteiger partial charge in [-0.1, -0.05) is 38.1 Å². The standard InChI is InChI=1S/C23H32N2O6/c1-14(2)9-18(20(28)23(12-27)13-31-23)24-22(30)19(11-26)25-21(29)17-8-7-15-5-3-4-6-16(15)10-17/h3-6,14,17-19,26-27H,7-13H2,1-2H3,(H,24,30)(H,25,29)/t17?,18?,19-,23+/m0/s1. The van der Waals surface area contributed by atoms with E-state index in [1.807, 2.05) is 32.0 Å². The predicted molar refractivity (Wildman–Crippen MR) is 113 cm³/mol. The van der Waals surface area contributed by atoms with E-state index in [9.17, 15) is 24.6 Å². The van der Waals surface area contributed by atoms with E-state index < -0.39 is 36.8 Å². The summed E-state index contributed by atoms with van der Waals surface area (Å²) in [4.78, 5) is 38.3. The lowest BCUT2D eigenvalue weighted by Gasteiger charge is -2.27. The number of carbonyl (C=O) groups is 3. The minimum atomic E-state index is -1.25. The van der Waals surface area contributed by atoms with Gasteiger partial charge in [0.2, 0.25) is 11.8 Å². The lowest BCUT2D eigenvalue weighted by Crippen LogP contribution is -2.56. The van der Waals surface area contributed by atoms with E-state index in [0.29, 0.717) is 19.3 Å². The number of ether oxygens (including phenoxy) is 1. The molecule has 1 heterocycles. The van der Waals surface area contributed by atoms with E-state index >= 15 is 0 Å². The summed E-state index contributed by atoms with van der Waals surface area (Å²) >= 11 is 0. The Labute approximate surface area is 182 Å². The molecule has 170 valence electrons. The number of aliphatic hydroxyl groups excluding tert-OH is 2. The van der Waals surface area contributed by atoms with Crippen LogP contribution in [0.3, 0.4) is 0 Å². The second-order valence-electron chi connectivity index (χ2n) is 8.95. The zero-order valence-electron chi connectivity index (χ0n) is 18.1. The molecule has 3 rings (SSSR count). The number of Topliss-reactive ketones (excluding diaryl/α,β-unsaturated/α-hetero) is 1. The molecule has 0 aromatic heterocycles. The maximum Gasteiger partial charge on any atom is 0.245 e. The second kappa shape index (κ2) is 9.89. The van der Waals surface area contributed by atoms with Crippen molar-refractivity contribution >= 4 is 17.6 Å². The number of carbonyl (C=O) groups excluding carboxylic acids is 3. The third-order valence-corrected chi connectivity index (χ3v) is 6.07. The highest BCUT2D eigenvalue weighted by Gasteiger charge is 2.54. The number of amides is 2. The molecule has 8 nitrogen and oxygen atoms in total. The molecule has 1 aliphatic heterocycles. The number of epoxide rings is 1. The minimum Gasteiger partial charge on any atom is -0.394 e. The third-order valence-electron chi connectivity index (χ3n) is 6.07. The molecule has 4 N–H and O–H groups in total. The third kappa shape index (κ3) is 5.50. The Kier molecular flexibility index (Phi) is 7.46. The summed E-state index contributed by atoms with van der Waals surface area (Å²) in [5.74, 6) is -1.47. The summed E-state index contributed by atoms with van der Waals surface area (Å²) in [6, 6.07) is 5.96. The Bertz CT molecular complexity index is 820. The molecule has 1 fully saturated rings. The van der Waals surface area contributed by atoms with Gasteiger partial charge < -0.3 is 25.6 Å². The number of ketones is 1. The van der Waals surface area contributed by atoms with Crippen LogP contribution in [0.4, 0.5) is 0 Å². The Morgan fingerprint density at radius 1 is 1.13 bits per heavy atom. The molecule has 1 saturated heterocycles. The molecule has 1 aromatic rings. The summed E-state index contributed by atoms with van der Waals surface area (Å²) in [6.07, 6.45) is 2.42.